The maximum Gasteiger partial charge on any atom is 0.247 e. The van der Waals surface area contributed by atoms with E-state index in [9.17, 15) is 0 Å². The standard InChI is InChI=1S/C17H14N6OS/c18-23-15(12-7-3-1-4-8-12)20-22-17(23)25-11-14-19-21-16(24-14)13-9-5-2-6-10-13/h1-10H,11,18H2. The number of thioether (sulfide) groups is 1. The van der Waals surface area contributed by atoms with Crippen molar-refractivity contribution in [2.45, 2.75) is 10.9 Å². The fourth-order valence-corrected chi connectivity index (χ4v) is 2.99. The van der Waals surface area contributed by atoms with Crippen molar-refractivity contribution in [1.29, 1.82) is 0 Å². The monoisotopic (exact) mass is 350 g/mol. The van der Waals surface area contributed by atoms with Crippen LogP contribution in [-0.4, -0.2) is 25.1 Å². The first-order valence-electron chi connectivity index (χ1n) is 7.58. The van der Waals surface area contributed by atoms with E-state index in [0.29, 0.717) is 28.5 Å². The molecule has 7 nitrogen and oxygen atoms in total. The van der Waals surface area contributed by atoms with Gasteiger partial charge in [0, 0.05) is 11.1 Å². The van der Waals surface area contributed by atoms with Crippen LogP contribution < -0.4 is 5.84 Å². The molecule has 2 aromatic heterocycles. The summed E-state index contributed by atoms with van der Waals surface area (Å²) in [7, 11) is 0. The topological polar surface area (TPSA) is 95.7 Å². The van der Waals surface area contributed by atoms with Gasteiger partial charge in [0.05, 0.1) is 5.75 Å². The van der Waals surface area contributed by atoms with Crippen molar-refractivity contribution >= 4 is 11.8 Å². The Bertz CT molecular complexity index is 967. The molecule has 0 saturated heterocycles. The Morgan fingerprint density at radius 1 is 0.840 bits per heavy atom. The van der Waals surface area contributed by atoms with Crippen molar-refractivity contribution in [3.05, 3.63) is 66.6 Å². The average Bonchev–Trinajstić information content (AvgIpc) is 3.28. The van der Waals surface area contributed by atoms with Crippen molar-refractivity contribution in [3.63, 3.8) is 0 Å². The van der Waals surface area contributed by atoms with E-state index in [1.165, 1.54) is 16.4 Å². The van der Waals surface area contributed by atoms with Gasteiger partial charge in [-0.2, -0.15) is 0 Å². The third-order valence-corrected chi connectivity index (χ3v) is 4.44. The van der Waals surface area contributed by atoms with E-state index in [-0.39, 0.29) is 0 Å². The van der Waals surface area contributed by atoms with E-state index < -0.39 is 0 Å². The van der Waals surface area contributed by atoms with Crippen LogP contribution in [0.25, 0.3) is 22.8 Å². The fraction of sp³-hybridized carbons (Fsp3) is 0.0588. The van der Waals surface area contributed by atoms with Gasteiger partial charge in [0.1, 0.15) is 0 Å². The lowest BCUT2D eigenvalue weighted by Crippen LogP contribution is -2.11. The summed E-state index contributed by atoms with van der Waals surface area (Å²) < 4.78 is 7.15. The van der Waals surface area contributed by atoms with Gasteiger partial charge in [-0.05, 0) is 12.1 Å². The van der Waals surface area contributed by atoms with E-state index in [2.05, 4.69) is 20.4 Å². The number of benzene rings is 2. The molecule has 0 bridgehead atoms. The highest BCUT2D eigenvalue weighted by molar-refractivity contribution is 7.98. The zero-order valence-corrected chi connectivity index (χ0v) is 13.9. The van der Waals surface area contributed by atoms with Gasteiger partial charge in [-0.25, -0.2) is 4.68 Å². The summed E-state index contributed by atoms with van der Waals surface area (Å²) in [6.45, 7) is 0. The number of hydrogen-bond donors (Lipinski definition) is 1. The molecule has 0 aliphatic carbocycles. The minimum atomic E-state index is 0.462. The van der Waals surface area contributed by atoms with Crippen molar-refractivity contribution in [2.75, 3.05) is 5.84 Å². The molecule has 0 saturated carbocycles. The van der Waals surface area contributed by atoms with Crippen molar-refractivity contribution < 1.29 is 4.42 Å². The largest absolute Gasteiger partial charge is 0.420 e. The summed E-state index contributed by atoms with van der Waals surface area (Å²) >= 11 is 1.39. The summed E-state index contributed by atoms with van der Waals surface area (Å²) in [5, 5.41) is 17.0. The van der Waals surface area contributed by atoms with Crippen LogP contribution in [0.1, 0.15) is 5.89 Å². The van der Waals surface area contributed by atoms with Crippen LogP contribution in [0.3, 0.4) is 0 Å². The van der Waals surface area contributed by atoms with Gasteiger partial charge in [0.2, 0.25) is 16.9 Å². The Labute approximate surface area is 147 Å². The van der Waals surface area contributed by atoms with Gasteiger partial charge in [-0.15, -0.1) is 20.4 Å². The Hall–Kier alpha value is -3.13. The molecule has 2 heterocycles. The lowest BCUT2D eigenvalue weighted by Gasteiger charge is -2.02. The molecule has 0 aliphatic heterocycles. The quantitative estimate of drug-likeness (QED) is 0.436. The number of hydrogen-bond acceptors (Lipinski definition) is 7. The highest BCUT2D eigenvalue weighted by Gasteiger charge is 2.14. The van der Waals surface area contributed by atoms with Crippen molar-refractivity contribution in [1.82, 2.24) is 25.1 Å². The van der Waals surface area contributed by atoms with E-state index >= 15 is 0 Å². The summed E-state index contributed by atoms with van der Waals surface area (Å²) in [4.78, 5) is 0. The van der Waals surface area contributed by atoms with Gasteiger partial charge in [-0.3, -0.25) is 0 Å². The average molecular weight is 350 g/mol. The number of nitrogen functional groups attached to an aromatic ring is 1. The van der Waals surface area contributed by atoms with Crippen molar-refractivity contribution in [3.8, 4) is 22.8 Å². The molecule has 8 heteroatoms. The van der Waals surface area contributed by atoms with E-state index in [4.69, 9.17) is 10.3 Å². The zero-order chi connectivity index (χ0) is 17.1. The zero-order valence-electron chi connectivity index (χ0n) is 13.1. The molecule has 0 unspecified atom stereocenters. The van der Waals surface area contributed by atoms with E-state index in [0.717, 1.165) is 11.1 Å². The second-order valence-electron chi connectivity index (χ2n) is 5.20. The Kier molecular flexibility index (Phi) is 4.17. The van der Waals surface area contributed by atoms with Gasteiger partial charge >= 0.3 is 0 Å². The number of rotatable bonds is 5. The molecule has 0 fully saturated rings. The Morgan fingerprint density at radius 3 is 2.24 bits per heavy atom. The van der Waals surface area contributed by atoms with Gasteiger partial charge in [0.25, 0.3) is 0 Å². The summed E-state index contributed by atoms with van der Waals surface area (Å²) in [6.07, 6.45) is 0. The molecule has 0 aliphatic rings. The molecular formula is C17H14N6OS. The predicted octanol–water partition coefficient (Wildman–Crippen LogP) is 3.00. The van der Waals surface area contributed by atoms with Crippen LogP contribution in [0.2, 0.25) is 0 Å². The van der Waals surface area contributed by atoms with Crippen LogP contribution in [0.5, 0.6) is 0 Å². The first kappa shape index (κ1) is 15.4. The minimum absolute atomic E-state index is 0.462. The molecule has 2 N–H and O–H groups in total. The van der Waals surface area contributed by atoms with Crippen LogP contribution in [0.15, 0.2) is 70.2 Å². The highest BCUT2D eigenvalue weighted by atomic mass is 32.2. The van der Waals surface area contributed by atoms with E-state index in [1.54, 1.807) is 0 Å². The Morgan fingerprint density at radius 2 is 1.52 bits per heavy atom. The normalized spacial score (nSPS) is 10.9. The van der Waals surface area contributed by atoms with Gasteiger partial charge in [-0.1, -0.05) is 60.3 Å². The molecule has 4 rings (SSSR count). The molecule has 4 aromatic rings. The second-order valence-corrected chi connectivity index (χ2v) is 6.14. The Balaban J connectivity index is 1.48. The summed E-state index contributed by atoms with van der Waals surface area (Å²) in [6, 6.07) is 19.3. The molecule has 25 heavy (non-hydrogen) atoms. The maximum atomic E-state index is 6.10. The maximum absolute atomic E-state index is 6.10. The second kappa shape index (κ2) is 6.78. The predicted molar refractivity (Wildman–Crippen MR) is 94.9 cm³/mol. The first-order valence-corrected chi connectivity index (χ1v) is 8.56. The highest BCUT2D eigenvalue weighted by Crippen LogP contribution is 2.25. The summed E-state index contributed by atoms with van der Waals surface area (Å²) in [5.41, 5.74) is 1.80. The van der Waals surface area contributed by atoms with Crippen LogP contribution in [0, 0.1) is 0 Å². The molecular weight excluding hydrogens is 336 g/mol. The summed E-state index contributed by atoms with van der Waals surface area (Å²) in [5.74, 6) is 8.18. The number of nitrogens with zero attached hydrogens (tertiary/aromatic N) is 5. The van der Waals surface area contributed by atoms with Crippen LogP contribution >= 0.6 is 11.8 Å². The van der Waals surface area contributed by atoms with Gasteiger partial charge < -0.3 is 10.3 Å². The molecule has 0 spiro atoms. The molecule has 0 amide bonds. The number of aromatic nitrogens is 5. The SMILES string of the molecule is Nn1c(SCc2nnc(-c3ccccc3)o2)nnc1-c1ccccc1. The molecule has 0 atom stereocenters. The lowest BCUT2D eigenvalue weighted by molar-refractivity contribution is 0.528. The smallest absolute Gasteiger partial charge is 0.247 e. The van der Waals surface area contributed by atoms with Crippen LogP contribution in [0.4, 0.5) is 0 Å². The fourth-order valence-electron chi connectivity index (χ4n) is 2.30. The lowest BCUT2D eigenvalue weighted by atomic mass is 10.2. The third-order valence-electron chi connectivity index (χ3n) is 3.51. The van der Waals surface area contributed by atoms with Crippen molar-refractivity contribution in [2.24, 2.45) is 0 Å². The van der Waals surface area contributed by atoms with E-state index in [1.807, 2.05) is 60.7 Å². The molecule has 2 aromatic carbocycles. The van der Waals surface area contributed by atoms with Crippen LogP contribution in [-0.2, 0) is 5.75 Å². The third kappa shape index (κ3) is 3.24. The number of nitrogens with two attached hydrogens (primary N) is 1. The van der Waals surface area contributed by atoms with Gasteiger partial charge in [0.15, 0.2) is 5.82 Å². The minimum Gasteiger partial charge on any atom is -0.420 e. The first-order chi connectivity index (χ1) is 12.3. The molecule has 0 radical (unpaired) electrons. The molecule has 124 valence electrons.